The summed E-state index contributed by atoms with van der Waals surface area (Å²) in [6, 6.07) is 10.7. The van der Waals surface area contributed by atoms with Crippen LogP contribution in [0.1, 0.15) is 11.1 Å². The van der Waals surface area contributed by atoms with Crippen molar-refractivity contribution in [2.75, 3.05) is 0 Å². The highest BCUT2D eigenvalue weighted by molar-refractivity contribution is 7.98. The number of rotatable bonds is 5. The highest BCUT2D eigenvalue weighted by atomic mass is 32.2. The molecule has 1 aromatic heterocycles. The van der Waals surface area contributed by atoms with Gasteiger partial charge in [-0.15, -0.1) is 0 Å². The predicted molar refractivity (Wildman–Crippen MR) is 97.2 cm³/mol. The molecule has 0 spiro atoms. The lowest BCUT2D eigenvalue weighted by Gasteiger charge is -2.08. The van der Waals surface area contributed by atoms with Gasteiger partial charge in [-0.2, -0.15) is 0 Å². The Morgan fingerprint density at radius 3 is 2.62 bits per heavy atom. The molecule has 0 bridgehead atoms. The Kier molecular flexibility index (Phi) is 5.13. The maximum absolute atomic E-state index is 13.8. The summed E-state index contributed by atoms with van der Waals surface area (Å²) >= 11 is 1.22. The first kappa shape index (κ1) is 17.8. The Bertz CT molecular complexity index is 1020. The van der Waals surface area contributed by atoms with Gasteiger partial charge in [0.2, 0.25) is 0 Å². The van der Waals surface area contributed by atoms with Crippen molar-refractivity contribution in [3.05, 3.63) is 92.3 Å². The van der Waals surface area contributed by atoms with E-state index in [1.54, 1.807) is 31.2 Å². The van der Waals surface area contributed by atoms with Crippen LogP contribution in [0.2, 0.25) is 0 Å². The van der Waals surface area contributed by atoms with E-state index in [9.17, 15) is 19.3 Å². The molecule has 0 unspecified atom stereocenters. The molecule has 0 saturated heterocycles. The van der Waals surface area contributed by atoms with Gasteiger partial charge in [-0.25, -0.2) is 9.37 Å². The van der Waals surface area contributed by atoms with Gasteiger partial charge in [0, 0.05) is 30.3 Å². The van der Waals surface area contributed by atoms with Gasteiger partial charge >= 0.3 is 0 Å². The molecule has 6 nitrogen and oxygen atoms in total. The summed E-state index contributed by atoms with van der Waals surface area (Å²) in [5, 5.41) is 10.9. The molecule has 0 fully saturated rings. The summed E-state index contributed by atoms with van der Waals surface area (Å²) in [5.41, 5.74) is 1.43. The second-order valence-electron chi connectivity index (χ2n) is 5.55. The van der Waals surface area contributed by atoms with Crippen LogP contribution < -0.4 is 5.56 Å². The Morgan fingerprint density at radius 1 is 1.23 bits per heavy atom. The van der Waals surface area contributed by atoms with Gasteiger partial charge in [0.15, 0.2) is 5.03 Å². The largest absolute Gasteiger partial charge is 0.287 e. The quantitative estimate of drug-likeness (QED) is 0.386. The Hall–Kier alpha value is -3.00. The van der Waals surface area contributed by atoms with E-state index < -0.39 is 4.92 Å². The zero-order valence-electron chi connectivity index (χ0n) is 13.8. The van der Waals surface area contributed by atoms with Crippen molar-refractivity contribution in [2.45, 2.75) is 17.7 Å². The third-order valence-corrected chi connectivity index (χ3v) is 4.80. The van der Waals surface area contributed by atoms with Crippen molar-refractivity contribution < 1.29 is 9.31 Å². The summed E-state index contributed by atoms with van der Waals surface area (Å²) in [6.07, 6.45) is 2.97. The van der Waals surface area contributed by atoms with E-state index in [0.717, 1.165) is 5.56 Å². The van der Waals surface area contributed by atoms with Gasteiger partial charge in [-0.3, -0.25) is 19.5 Å². The second-order valence-corrected chi connectivity index (χ2v) is 6.52. The van der Waals surface area contributed by atoms with Crippen molar-refractivity contribution in [3.63, 3.8) is 0 Å². The SMILES string of the molecule is Cc1ccc(-n2ccnc(SCc3ccc([N+](=O)[O-])cc3)c2=O)cc1F. The summed E-state index contributed by atoms with van der Waals surface area (Å²) in [4.78, 5) is 26.9. The molecule has 2 aromatic carbocycles. The molecule has 0 amide bonds. The van der Waals surface area contributed by atoms with Crippen molar-refractivity contribution in [1.82, 2.24) is 9.55 Å². The normalized spacial score (nSPS) is 10.7. The third kappa shape index (κ3) is 3.80. The number of non-ortho nitro benzene ring substituents is 1. The van der Waals surface area contributed by atoms with Crippen LogP contribution in [0.25, 0.3) is 5.69 Å². The number of aryl methyl sites for hydroxylation is 1. The number of halogens is 1. The van der Waals surface area contributed by atoms with Crippen LogP contribution in [0.5, 0.6) is 0 Å². The number of nitro groups is 1. The second kappa shape index (κ2) is 7.49. The standard InChI is InChI=1S/C18H14FN3O3S/c1-12-2-5-15(10-16(12)19)21-9-8-20-17(18(21)23)26-11-13-3-6-14(7-4-13)22(24)25/h2-10H,11H2,1H3. The van der Waals surface area contributed by atoms with Crippen LogP contribution >= 0.6 is 11.8 Å². The minimum atomic E-state index is -0.463. The van der Waals surface area contributed by atoms with E-state index in [0.29, 0.717) is 17.0 Å². The molecule has 0 radical (unpaired) electrons. The maximum atomic E-state index is 13.8. The van der Waals surface area contributed by atoms with Gasteiger partial charge in [0.1, 0.15) is 5.82 Å². The average molecular weight is 371 g/mol. The minimum absolute atomic E-state index is 0.0142. The van der Waals surface area contributed by atoms with Crippen LogP contribution in [0, 0.1) is 22.9 Å². The molecular formula is C18H14FN3O3S. The van der Waals surface area contributed by atoms with E-state index in [1.165, 1.54) is 46.9 Å². The molecule has 0 N–H and O–H groups in total. The average Bonchev–Trinajstić information content (AvgIpc) is 2.63. The number of aromatic nitrogens is 2. The summed E-state index contributed by atoms with van der Waals surface area (Å²) in [6.45, 7) is 1.65. The van der Waals surface area contributed by atoms with Crippen molar-refractivity contribution in [3.8, 4) is 5.69 Å². The van der Waals surface area contributed by atoms with E-state index >= 15 is 0 Å². The Balaban J connectivity index is 1.82. The molecule has 0 aliphatic carbocycles. The van der Waals surface area contributed by atoms with Gasteiger partial charge in [0.25, 0.3) is 11.2 Å². The van der Waals surface area contributed by atoms with Crippen LogP contribution in [0.4, 0.5) is 10.1 Å². The van der Waals surface area contributed by atoms with E-state index in [4.69, 9.17) is 0 Å². The lowest BCUT2D eigenvalue weighted by molar-refractivity contribution is -0.384. The van der Waals surface area contributed by atoms with Crippen molar-refractivity contribution >= 4 is 17.4 Å². The fraction of sp³-hybridized carbons (Fsp3) is 0.111. The highest BCUT2D eigenvalue weighted by Crippen LogP contribution is 2.21. The van der Waals surface area contributed by atoms with Crippen molar-refractivity contribution in [1.29, 1.82) is 0 Å². The third-order valence-electron chi connectivity index (χ3n) is 3.77. The van der Waals surface area contributed by atoms with Crippen LogP contribution in [0.15, 0.2) is 64.7 Å². The number of benzene rings is 2. The minimum Gasteiger partial charge on any atom is -0.280 e. The Labute approximate surface area is 152 Å². The Morgan fingerprint density at radius 2 is 1.96 bits per heavy atom. The molecule has 0 atom stereocenters. The number of hydrogen-bond acceptors (Lipinski definition) is 5. The van der Waals surface area contributed by atoms with Gasteiger partial charge < -0.3 is 0 Å². The molecule has 8 heteroatoms. The maximum Gasteiger partial charge on any atom is 0.287 e. The fourth-order valence-electron chi connectivity index (χ4n) is 2.29. The number of thioether (sulfide) groups is 1. The van der Waals surface area contributed by atoms with E-state index in [-0.39, 0.29) is 22.1 Å². The molecule has 0 aliphatic rings. The lowest BCUT2D eigenvalue weighted by atomic mass is 10.2. The highest BCUT2D eigenvalue weighted by Gasteiger charge is 2.10. The fourth-order valence-corrected chi connectivity index (χ4v) is 3.15. The number of nitrogens with zero attached hydrogens (tertiary/aromatic N) is 3. The zero-order valence-corrected chi connectivity index (χ0v) is 14.6. The van der Waals surface area contributed by atoms with E-state index in [1.807, 2.05) is 0 Å². The summed E-state index contributed by atoms with van der Waals surface area (Å²) in [7, 11) is 0. The first-order valence-corrected chi connectivity index (χ1v) is 8.64. The molecule has 26 heavy (non-hydrogen) atoms. The predicted octanol–water partition coefficient (Wildman–Crippen LogP) is 3.88. The molecule has 1 heterocycles. The number of hydrogen-bond donors (Lipinski definition) is 0. The van der Waals surface area contributed by atoms with Crippen LogP contribution in [0.3, 0.4) is 0 Å². The smallest absolute Gasteiger partial charge is 0.280 e. The molecule has 0 aliphatic heterocycles. The molecule has 132 valence electrons. The monoisotopic (exact) mass is 371 g/mol. The zero-order chi connectivity index (χ0) is 18.7. The van der Waals surface area contributed by atoms with Crippen LogP contribution in [-0.2, 0) is 5.75 Å². The summed E-state index contributed by atoms with van der Waals surface area (Å²) < 4.78 is 15.1. The molecular weight excluding hydrogens is 357 g/mol. The van der Waals surface area contributed by atoms with Crippen molar-refractivity contribution in [2.24, 2.45) is 0 Å². The first-order chi connectivity index (χ1) is 12.5. The van der Waals surface area contributed by atoms with Crippen LogP contribution in [-0.4, -0.2) is 14.5 Å². The van der Waals surface area contributed by atoms with E-state index in [2.05, 4.69) is 4.98 Å². The molecule has 0 saturated carbocycles. The molecule has 3 rings (SSSR count). The van der Waals surface area contributed by atoms with Gasteiger partial charge in [-0.05, 0) is 30.2 Å². The number of nitro benzene ring substituents is 1. The van der Waals surface area contributed by atoms with Gasteiger partial charge in [-0.1, -0.05) is 30.0 Å². The first-order valence-electron chi connectivity index (χ1n) is 7.66. The topological polar surface area (TPSA) is 78.0 Å². The van der Waals surface area contributed by atoms with Gasteiger partial charge in [0.05, 0.1) is 10.6 Å². The lowest BCUT2D eigenvalue weighted by Crippen LogP contribution is -2.20. The molecule has 3 aromatic rings. The summed E-state index contributed by atoms with van der Waals surface area (Å²) in [5.74, 6) is 0.0540.